The van der Waals surface area contributed by atoms with Crippen molar-refractivity contribution in [2.45, 2.75) is 45.7 Å². The predicted octanol–water partition coefficient (Wildman–Crippen LogP) is 4.25. The van der Waals surface area contributed by atoms with Crippen molar-refractivity contribution in [2.75, 3.05) is 0 Å². The molecular formula is C13H24Si2. The van der Waals surface area contributed by atoms with E-state index in [0.29, 0.717) is 0 Å². The molecule has 0 bridgehead atoms. The minimum Gasteiger partial charge on any atom is -0.127 e. The number of allylic oxidation sites excluding steroid dienone is 2. The zero-order valence-electron chi connectivity index (χ0n) is 11.1. The first-order chi connectivity index (χ1) is 6.64. The molecule has 0 radical (unpaired) electrons. The Morgan fingerprint density at radius 1 is 1.13 bits per heavy atom. The molecule has 0 saturated carbocycles. The van der Waals surface area contributed by atoms with Crippen LogP contribution in [-0.2, 0) is 0 Å². The van der Waals surface area contributed by atoms with Crippen LogP contribution in [0.1, 0.15) is 6.42 Å². The molecule has 0 aromatic heterocycles. The van der Waals surface area contributed by atoms with E-state index in [1.807, 2.05) is 6.08 Å². The van der Waals surface area contributed by atoms with Crippen LogP contribution in [0, 0.1) is 11.5 Å². The molecule has 15 heavy (non-hydrogen) atoms. The molecule has 0 fully saturated rings. The third kappa shape index (κ3) is 9.77. The van der Waals surface area contributed by atoms with Crippen LogP contribution < -0.4 is 0 Å². The summed E-state index contributed by atoms with van der Waals surface area (Å²) in [6.45, 7) is 17.6. The van der Waals surface area contributed by atoms with Gasteiger partial charge in [-0.2, -0.15) is 0 Å². The summed E-state index contributed by atoms with van der Waals surface area (Å²) in [7, 11) is -2.40. The third-order valence-corrected chi connectivity index (χ3v) is 3.66. The average molecular weight is 237 g/mol. The van der Waals surface area contributed by atoms with Crippen LogP contribution in [0.2, 0.25) is 39.3 Å². The van der Waals surface area contributed by atoms with Gasteiger partial charge < -0.3 is 0 Å². The molecule has 0 N–H and O–H groups in total. The van der Waals surface area contributed by atoms with E-state index in [4.69, 9.17) is 0 Å². The maximum Gasteiger partial charge on any atom is 0.129 e. The lowest BCUT2D eigenvalue weighted by molar-refractivity contribution is 1.32. The molecule has 0 aliphatic rings. The first-order valence-electron chi connectivity index (χ1n) is 5.50. The minimum atomic E-state index is -1.25. The predicted molar refractivity (Wildman–Crippen MR) is 77.4 cm³/mol. The van der Waals surface area contributed by atoms with E-state index in [1.54, 1.807) is 0 Å². The standard InChI is InChI=1S/C13H24Si2/c1-8-9-13(12-15(5,6)7)10-11-14(2,3)4/h8,12H,1,9H2,2-7H3. The monoisotopic (exact) mass is 236 g/mol. The zero-order valence-corrected chi connectivity index (χ0v) is 13.1. The Balaban J connectivity index is 4.90. The second kappa shape index (κ2) is 5.53. The van der Waals surface area contributed by atoms with Gasteiger partial charge in [0.1, 0.15) is 8.07 Å². The van der Waals surface area contributed by atoms with Gasteiger partial charge in [-0.05, 0) is 12.0 Å². The van der Waals surface area contributed by atoms with Crippen molar-refractivity contribution in [3.05, 3.63) is 23.9 Å². The van der Waals surface area contributed by atoms with Gasteiger partial charge in [-0.1, -0.05) is 57.0 Å². The lowest BCUT2D eigenvalue weighted by Crippen LogP contribution is -2.18. The largest absolute Gasteiger partial charge is 0.129 e. The zero-order chi connectivity index (χ0) is 12.1. The molecule has 0 aromatic carbocycles. The van der Waals surface area contributed by atoms with Crippen LogP contribution in [0.25, 0.3) is 0 Å². The number of rotatable bonds is 3. The molecular weight excluding hydrogens is 212 g/mol. The maximum atomic E-state index is 3.79. The number of hydrogen-bond acceptors (Lipinski definition) is 0. The minimum absolute atomic E-state index is 0.918. The van der Waals surface area contributed by atoms with Crippen LogP contribution in [0.15, 0.2) is 23.9 Å². The molecule has 0 aliphatic heterocycles. The molecule has 0 unspecified atom stereocenters. The van der Waals surface area contributed by atoms with Crippen molar-refractivity contribution in [3.63, 3.8) is 0 Å². The Labute approximate surface area is 97.5 Å². The normalized spacial score (nSPS) is 13.1. The van der Waals surface area contributed by atoms with E-state index in [1.165, 1.54) is 5.57 Å². The van der Waals surface area contributed by atoms with E-state index < -0.39 is 16.1 Å². The van der Waals surface area contributed by atoms with Gasteiger partial charge in [0.2, 0.25) is 0 Å². The summed E-state index contributed by atoms with van der Waals surface area (Å²) >= 11 is 0. The van der Waals surface area contributed by atoms with E-state index in [0.717, 1.165) is 6.42 Å². The Kier molecular flexibility index (Phi) is 5.33. The molecule has 0 heterocycles. The molecule has 0 aliphatic carbocycles. The lowest BCUT2D eigenvalue weighted by atomic mass is 10.2. The van der Waals surface area contributed by atoms with Crippen LogP contribution >= 0.6 is 0 Å². The summed E-state index contributed by atoms with van der Waals surface area (Å²) < 4.78 is 0. The molecule has 84 valence electrons. The van der Waals surface area contributed by atoms with Gasteiger partial charge in [0, 0.05) is 0 Å². The van der Waals surface area contributed by atoms with Gasteiger partial charge in [0.05, 0.1) is 8.07 Å². The quantitative estimate of drug-likeness (QED) is 0.390. The van der Waals surface area contributed by atoms with Crippen molar-refractivity contribution in [2.24, 2.45) is 0 Å². The van der Waals surface area contributed by atoms with E-state index in [-0.39, 0.29) is 0 Å². The Morgan fingerprint density at radius 3 is 2.00 bits per heavy atom. The lowest BCUT2D eigenvalue weighted by Gasteiger charge is -2.11. The van der Waals surface area contributed by atoms with Gasteiger partial charge in [-0.3, -0.25) is 0 Å². The van der Waals surface area contributed by atoms with E-state index >= 15 is 0 Å². The summed E-state index contributed by atoms with van der Waals surface area (Å²) in [6.07, 6.45) is 2.87. The van der Waals surface area contributed by atoms with Crippen LogP contribution in [0.3, 0.4) is 0 Å². The van der Waals surface area contributed by atoms with E-state index in [9.17, 15) is 0 Å². The molecule has 0 nitrogen and oxygen atoms in total. The molecule has 0 spiro atoms. The fourth-order valence-electron chi connectivity index (χ4n) is 1.09. The second-order valence-corrected chi connectivity index (χ2v) is 15.8. The first kappa shape index (κ1) is 14.5. The summed E-state index contributed by atoms with van der Waals surface area (Å²) in [5.41, 5.74) is 7.09. The van der Waals surface area contributed by atoms with Gasteiger partial charge in [0.15, 0.2) is 0 Å². The second-order valence-electron chi connectivity index (χ2n) is 6.03. The van der Waals surface area contributed by atoms with Crippen LogP contribution in [-0.4, -0.2) is 16.1 Å². The SMILES string of the molecule is C=CCC(C#C[Si](C)(C)C)=C[Si](C)(C)C. The fourth-order valence-corrected chi connectivity index (χ4v) is 2.86. The van der Waals surface area contributed by atoms with Crippen LogP contribution in [0.5, 0.6) is 0 Å². The molecule has 0 rings (SSSR count). The van der Waals surface area contributed by atoms with Crippen LogP contribution in [0.4, 0.5) is 0 Å². The van der Waals surface area contributed by atoms with Gasteiger partial charge in [0.25, 0.3) is 0 Å². The average Bonchev–Trinajstić information content (AvgIpc) is 1.96. The summed E-state index contributed by atoms with van der Waals surface area (Å²) in [4.78, 5) is 0. The van der Waals surface area contributed by atoms with Crippen molar-refractivity contribution >= 4 is 16.1 Å². The Bertz CT molecular complexity index is 300. The molecule has 0 aromatic rings. The summed E-state index contributed by atoms with van der Waals surface area (Å²) in [6, 6.07) is 0. The van der Waals surface area contributed by atoms with Crippen molar-refractivity contribution in [3.8, 4) is 11.5 Å². The van der Waals surface area contributed by atoms with Crippen molar-refractivity contribution in [1.82, 2.24) is 0 Å². The fraction of sp³-hybridized carbons (Fsp3) is 0.538. The van der Waals surface area contributed by atoms with Gasteiger partial charge >= 0.3 is 0 Å². The Morgan fingerprint density at radius 2 is 1.67 bits per heavy atom. The molecule has 0 atom stereocenters. The van der Waals surface area contributed by atoms with E-state index in [2.05, 4.69) is 63.0 Å². The Hall–Kier alpha value is -0.526. The van der Waals surface area contributed by atoms with Crippen molar-refractivity contribution < 1.29 is 0 Å². The maximum absolute atomic E-state index is 3.79. The highest BCUT2D eigenvalue weighted by Crippen LogP contribution is 2.10. The molecule has 0 saturated heterocycles. The molecule has 0 amide bonds. The summed E-state index contributed by atoms with van der Waals surface area (Å²) in [5.74, 6) is 3.35. The highest BCUT2D eigenvalue weighted by atomic mass is 28.3. The number of hydrogen-bond donors (Lipinski definition) is 0. The van der Waals surface area contributed by atoms with Gasteiger partial charge in [-0.25, -0.2) is 0 Å². The topological polar surface area (TPSA) is 0 Å². The third-order valence-electron chi connectivity index (χ3n) is 1.57. The highest BCUT2D eigenvalue weighted by molar-refractivity contribution is 6.84. The molecule has 2 heteroatoms. The van der Waals surface area contributed by atoms with Crippen molar-refractivity contribution in [1.29, 1.82) is 0 Å². The summed E-state index contributed by atoms with van der Waals surface area (Å²) in [5, 5.41) is 0. The van der Waals surface area contributed by atoms with Gasteiger partial charge in [-0.15, -0.1) is 12.1 Å². The highest BCUT2D eigenvalue weighted by Gasteiger charge is 2.11. The smallest absolute Gasteiger partial charge is 0.127 e. The first-order valence-corrected chi connectivity index (χ1v) is 12.6.